The van der Waals surface area contributed by atoms with Crippen molar-refractivity contribution in [3.05, 3.63) is 36.6 Å². The van der Waals surface area contributed by atoms with Gasteiger partial charge in [0.1, 0.15) is 0 Å². The molecule has 2 heteroatoms. The highest BCUT2D eigenvalue weighted by molar-refractivity contribution is 5.98. The summed E-state index contributed by atoms with van der Waals surface area (Å²) in [5, 5.41) is 0. The number of carbonyl (C=O) groups is 1. The van der Waals surface area contributed by atoms with Crippen molar-refractivity contribution in [2.24, 2.45) is 5.73 Å². The van der Waals surface area contributed by atoms with E-state index < -0.39 is 0 Å². The summed E-state index contributed by atoms with van der Waals surface area (Å²) in [4.78, 5) is 10.6. The van der Waals surface area contributed by atoms with E-state index in [9.17, 15) is 4.79 Å². The number of allylic oxidation sites excluding steroid dienone is 4. The highest BCUT2D eigenvalue weighted by Crippen LogP contribution is 1.91. The molecule has 0 radical (unpaired) electrons. The molecule has 0 aliphatic heterocycles. The summed E-state index contributed by atoms with van der Waals surface area (Å²) in [6.07, 6.45) is 5.75. The number of nitrogens with two attached hydrogens (primary N) is 1. The van der Waals surface area contributed by atoms with Crippen LogP contribution in [0.1, 0.15) is 6.92 Å². The molecule has 0 unspecified atom stereocenters. The lowest BCUT2D eigenvalue weighted by Crippen LogP contribution is -1.85. The van der Waals surface area contributed by atoms with E-state index in [1.165, 1.54) is 18.4 Å². The van der Waals surface area contributed by atoms with Crippen LogP contribution in [0.25, 0.3) is 0 Å². The smallest absolute Gasteiger partial charge is 0.178 e. The maximum absolute atomic E-state index is 10.6. The van der Waals surface area contributed by atoms with E-state index in [4.69, 9.17) is 5.73 Å². The Labute approximate surface area is 60.7 Å². The van der Waals surface area contributed by atoms with Crippen LogP contribution in [-0.4, -0.2) is 5.78 Å². The summed E-state index contributed by atoms with van der Waals surface area (Å²) < 4.78 is 0. The number of hydrogen-bond donors (Lipinski definition) is 1. The van der Waals surface area contributed by atoms with Crippen molar-refractivity contribution in [2.45, 2.75) is 6.92 Å². The molecule has 54 valence electrons. The molecule has 0 fully saturated rings. The van der Waals surface area contributed by atoms with E-state index in [1.807, 2.05) is 6.92 Å². The first kappa shape index (κ1) is 8.69. The summed E-state index contributed by atoms with van der Waals surface area (Å²) in [5.41, 5.74) is 6.01. The van der Waals surface area contributed by atoms with Crippen LogP contribution in [0.5, 0.6) is 0 Å². The summed E-state index contributed by atoms with van der Waals surface area (Å²) in [5.74, 6) is -0.110. The van der Waals surface area contributed by atoms with Gasteiger partial charge in [-0.3, -0.25) is 4.79 Å². The van der Waals surface area contributed by atoms with Gasteiger partial charge >= 0.3 is 0 Å². The lowest BCUT2D eigenvalue weighted by atomic mass is 10.2. The Morgan fingerprint density at radius 3 is 2.50 bits per heavy atom. The second kappa shape index (κ2) is 4.56. The molecule has 0 aromatic heterocycles. The Morgan fingerprint density at radius 2 is 2.10 bits per heavy atom. The molecule has 0 rings (SSSR count). The minimum atomic E-state index is -0.110. The van der Waals surface area contributed by atoms with Gasteiger partial charge in [-0.2, -0.15) is 0 Å². The van der Waals surface area contributed by atoms with E-state index in [2.05, 4.69) is 6.58 Å². The molecular weight excluding hydrogens is 126 g/mol. The molecule has 0 aliphatic carbocycles. The average Bonchev–Trinajstić information content (AvgIpc) is 1.99. The second-order valence-corrected chi connectivity index (χ2v) is 1.85. The van der Waals surface area contributed by atoms with Gasteiger partial charge in [-0.1, -0.05) is 12.7 Å². The number of carbonyl (C=O) groups excluding carboxylic acids is 1. The van der Waals surface area contributed by atoms with Crippen molar-refractivity contribution >= 4 is 5.78 Å². The number of ketones is 1. The zero-order valence-corrected chi connectivity index (χ0v) is 6.00. The first-order valence-electron chi connectivity index (χ1n) is 2.93. The van der Waals surface area contributed by atoms with Crippen LogP contribution in [0.3, 0.4) is 0 Å². The third-order valence-electron chi connectivity index (χ3n) is 0.975. The Bertz CT molecular complexity index is 185. The van der Waals surface area contributed by atoms with Crippen molar-refractivity contribution < 1.29 is 4.79 Å². The summed E-state index contributed by atoms with van der Waals surface area (Å²) in [7, 11) is 0. The monoisotopic (exact) mass is 137 g/mol. The molecule has 0 saturated carbocycles. The van der Waals surface area contributed by atoms with Gasteiger partial charge in [0.15, 0.2) is 5.78 Å². The van der Waals surface area contributed by atoms with E-state index >= 15 is 0 Å². The third kappa shape index (κ3) is 3.66. The van der Waals surface area contributed by atoms with Crippen LogP contribution in [0.2, 0.25) is 0 Å². The van der Waals surface area contributed by atoms with Crippen LogP contribution >= 0.6 is 0 Å². The predicted molar refractivity (Wildman–Crippen MR) is 42.3 cm³/mol. The van der Waals surface area contributed by atoms with E-state index in [0.717, 1.165) is 5.57 Å². The van der Waals surface area contributed by atoms with Crippen LogP contribution in [-0.2, 0) is 4.79 Å². The van der Waals surface area contributed by atoms with Crippen molar-refractivity contribution in [1.82, 2.24) is 0 Å². The molecule has 0 amide bonds. The molecule has 0 bridgehead atoms. The van der Waals surface area contributed by atoms with Crippen LogP contribution < -0.4 is 5.73 Å². The van der Waals surface area contributed by atoms with Crippen LogP contribution in [0, 0.1) is 0 Å². The normalized spacial score (nSPS) is 11.9. The SMILES string of the molecule is C=CC(=O)C=CC(C)=CN. The Morgan fingerprint density at radius 1 is 1.50 bits per heavy atom. The Balaban J connectivity index is 4.00. The summed E-state index contributed by atoms with van der Waals surface area (Å²) >= 11 is 0. The van der Waals surface area contributed by atoms with Gasteiger partial charge in [0.2, 0.25) is 0 Å². The Hall–Kier alpha value is -1.31. The minimum absolute atomic E-state index is 0.110. The second-order valence-electron chi connectivity index (χ2n) is 1.85. The molecule has 0 aromatic rings. The van der Waals surface area contributed by atoms with Crippen LogP contribution in [0.15, 0.2) is 36.6 Å². The lowest BCUT2D eigenvalue weighted by molar-refractivity contribution is -0.110. The molecule has 10 heavy (non-hydrogen) atoms. The molecule has 0 heterocycles. The van der Waals surface area contributed by atoms with Crippen LogP contribution in [0.4, 0.5) is 0 Å². The maximum Gasteiger partial charge on any atom is 0.178 e. The number of hydrogen-bond acceptors (Lipinski definition) is 2. The van der Waals surface area contributed by atoms with Gasteiger partial charge in [-0.15, -0.1) is 0 Å². The van der Waals surface area contributed by atoms with Gasteiger partial charge in [0.25, 0.3) is 0 Å². The van der Waals surface area contributed by atoms with Gasteiger partial charge in [-0.05, 0) is 30.8 Å². The zero-order valence-electron chi connectivity index (χ0n) is 6.00. The Kier molecular flexibility index (Phi) is 3.96. The maximum atomic E-state index is 10.6. The average molecular weight is 137 g/mol. The molecule has 2 nitrogen and oxygen atoms in total. The minimum Gasteiger partial charge on any atom is -0.404 e. The fraction of sp³-hybridized carbons (Fsp3) is 0.125. The molecule has 2 N–H and O–H groups in total. The first-order chi connectivity index (χ1) is 4.70. The molecule has 0 aromatic carbocycles. The lowest BCUT2D eigenvalue weighted by Gasteiger charge is -1.84. The standard InChI is InChI=1S/C8H11NO/c1-3-8(10)5-4-7(2)6-9/h3-6H,1,9H2,2H3. The fourth-order valence-corrected chi connectivity index (χ4v) is 0.337. The number of rotatable bonds is 3. The van der Waals surface area contributed by atoms with E-state index in [1.54, 1.807) is 6.08 Å². The fourth-order valence-electron chi connectivity index (χ4n) is 0.337. The van der Waals surface area contributed by atoms with Crippen molar-refractivity contribution in [1.29, 1.82) is 0 Å². The molecule has 0 aliphatic rings. The zero-order chi connectivity index (χ0) is 7.98. The van der Waals surface area contributed by atoms with Crippen molar-refractivity contribution in [2.75, 3.05) is 0 Å². The predicted octanol–water partition coefficient (Wildman–Crippen LogP) is 1.16. The molecule has 0 spiro atoms. The highest BCUT2D eigenvalue weighted by atomic mass is 16.1. The topological polar surface area (TPSA) is 43.1 Å². The van der Waals surface area contributed by atoms with Gasteiger partial charge in [0.05, 0.1) is 0 Å². The van der Waals surface area contributed by atoms with Gasteiger partial charge in [0, 0.05) is 0 Å². The van der Waals surface area contributed by atoms with Gasteiger partial charge in [-0.25, -0.2) is 0 Å². The quantitative estimate of drug-likeness (QED) is 0.468. The summed E-state index contributed by atoms with van der Waals surface area (Å²) in [6, 6.07) is 0. The summed E-state index contributed by atoms with van der Waals surface area (Å²) in [6.45, 7) is 5.13. The molecular formula is C8H11NO. The van der Waals surface area contributed by atoms with Crippen molar-refractivity contribution in [3.63, 3.8) is 0 Å². The molecule has 0 atom stereocenters. The highest BCUT2D eigenvalue weighted by Gasteiger charge is 1.84. The largest absolute Gasteiger partial charge is 0.404 e. The first-order valence-corrected chi connectivity index (χ1v) is 2.93. The van der Waals surface area contributed by atoms with Crippen molar-refractivity contribution in [3.8, 4) is 0 Å². The van der Waals surface area contributed by atoms with Gasteiger partial charge < -0.3 is 5.73 Å². The van der Waals surface area contributed by atoms with E-state index in [-0.39, 0.29) is 5.78 Å². The molecule has 0 saturated heterocycles. The third-order valence-corrected chi connectivity index (χ3v) is 0.975. The van der Waals surface area contributed by atoms with E-state index in [0.29, 0.717) is 0 Å².